The van der Waals surface area contributed by atoms with Crippen molar-refractivity contribution < 1.29 is 13.2 Å². The fourth-order valence-electron chi connectivity index (χ4n) is 2.01. The molecule has 0 radical (unpaired) electrons. The molecular formula is C16H9ClF3N3. The molecule has 0 aliphatic carbocycles. The van der Waals surface area contributed by atoms with Crippen LogP contribution in [0.15, 0.2) is 54.6 Å². The van der Waals surface area contributed by atoms with E-state index in [1.165, 1.54) is 6.07 Å². The quantitative estimate of drug-likeness (QED) is 0.627. The maximum Gasteiger partial charge on any atom is 0.433 e. The van der Waals surface area contributed by atoms with E-state index in [2.05, 4.69) is 15.0 Å². The van der Waals surface area contributed by atoms with E-state index in [1.54, 1.807) is 12.1 Å². The van der Waals surface area contributed by atoms with Crippen molar-refractivity contribution in [3.05, 3.63) is 65.4 Å². The van der Waals surface area contributed by atoms with Crippen LogP contribution in [0.5, 0.6) is 0 Å². The highest BCUT2D eigenvalue weighted by Crippen LogP contribution is 2.30. The second-order valence-electron chi connectivity index (χ2n) is 4.67. The summed E-state index contributed by atoms with van der Waals surface area (Å²) < 4.78 is 38.5. The van der Waals surface area contributed by atoms with Gasteiger partial charge in [0.15, 0.2) is 5.82 Å². The third-order valence-electron chi connectivity index (χ3n) is 3.03. The molecule has 0 spiro atoms. The minimum Gasteiger partial charge on any atom is -0.244 e. The standard InChI is InChI=1S/C16H9ClF3N3/c17-14-9-13(16(18,19)20)22-15(23-14)12-8-4-7-11(21-12)10-5-2-1-3-6-10/h1-9H. The number of nitrogens with zero attached hydrogens (tertiary/aromatic N) is 3. The molecule has 23 heavy (non-hydrogen) atoms. The van der Waals surface area contributed by atoms with Crippen molar-refractivity contribution in [2.24, 2.45) is 0 Å². The molecule has 0 aliphatic heterocycles. The maximum absolute atomic E-state index is 12.8. The van der Waals surface area contributed by atoms with E-state index >= 15 is 0 Å². The van der Waals surface area contributed by atoms with Gasteiger partial charge in [-0.05, 0) is 12.1 Å². The number of aromatic nitrogens is 3. The van der Waals surface area contributed by atoms with Crippen LogP contribution >= 0.6 is 11.6 Å². The van der Waals surface area contributed by atoms with Crippen molar-refractivity contribution in [1.82, 2.24) is 15.0 Å². The van der Waals surface area contributed by atoms with Gasteiger partial charge >= 0.3 is 6.18 Å². The minimum atomic E-state index is -4.60. The Kier molecular flexibility index (Phi) is 4.00. The zero-order valence-corrected chi connectivity index (χ0v) is 12.3. The molecule has 0 saturated carbocycles. The fraction of sp³-hybridized carbons (Fsp3) is 0.0625. The Hall–Kier alpha value is -2.47. The third kappa shape index (κ3) is 3.48. The summed E-state index contributed by atoms with van der Waals surface area (Å²) in [5.41, 5.74) is 0.575. The summed E-state index contributed by atoms with van der Waals surface area (Å²) in [6.07, 6.45) is -4.60. The lowest BCUT2D eigenvalue weighted by Crippen LogP contribution is -2.10. The van der Waals surface area contributed by atoms with E-state index in [1.807, 2.05) is 30.3 Å². The molecule has 0 amide bonds. The summed E-state index contributed by atoms with van der Waals surface area (Å²) in [6, 6.07) is 14.9. The summed E-state index contributed by atoms with van der Waals surface area (Å²) in [5, 5.41) is -0.283. The minimum absolute atomic E-state index is 0.164. The molecule has 3 nitrogen and oxygen atoms in total. The Morgan fingerprint density at radius 3 is 2.17 bits per heavy atom. The Balaban J connectivity index is 2.08. The van der Waals surface area contributed by atoms with Gasteiger partial charge in [-0.15, -0.1) is 0 Å². The highest BCUT2D eigenvalue weighted by atomic mass is 35.5. The predicted molar refractivity (Wildman–Crippen MR) is 80.7 cm³/mol. The van der Waals surface area contributed by atoms with Crippen molar-refractivity contribution in [1.29, 1.82) is 0 Å². The lowest BCUT2D eigenvalue weighted by molar-refractivity contribution is -0.141. The molecule has 0 bridgehead atoms. The molecule has 0 saturated heterocycles. The molecular weight excluding hydrogens is 327 g/mol. The second kappa shape index (κ2) is 5.96. The first-order valence-electron chi connectivity index (χ1n) is 6.58. The number of pyridine rings is 1. The first kappa shape index (κ1) is 15.4. The smallest absolute Gasteiger partial charge is 0.244 e. The van der Waals surface area contributed by atoms with Gasteiger partial charge < -0.3 is 0 Å². The number of alkyl halides is 3. The van der Waals surface area contributed by atoms with Crippen LogP contribution in [-0.4, -0.2) is 15.0 Å². The monoisotopic (exact) mass is 335 g/mol. The molecule has 0 aliphatic rings. The van der Waals surface area contributed by atoms with E-state index < -0.39 is 11.9 Å². The normalized spacial score (nSPS) is 11.5. The molecule has 2 aromatic heterocycles. The summed E-state index contributed by atoms with van der Waals surface area (Å²) in [7, 11) is 0. The van der Waals surface area contributed by atoms with Gasteiger partial charge in [-0.25, -0.2) is 15.0 Å². The van der Waals surface area contributed by atoms with Crippen LogP contribution in [0.3, 0.4) is 0 Å². The van der Waals surface area contributed by atoms with E-state index in [0.717, 1.165) is 5.56 Å². The van der Waals surface area contributed by atoms with Gasteiger partial charge in [-0.1, -0.05) is 48.0 Å². The molecule has 1 aromatic carbocycles. The van der Waals surface area contributed by atoms with Crippen LogP contribution in [-0.2, 0) is 6.18 Å². The second-order valence-corrected chi connectivity index (χ2v) is 5.06. The van der Waals surface area contributed by atoms with Gasteiger partial charge in [-0.3, -0.25) is 0 Å². The van der Waals surface area contributed by atoms with E-state index in [4.69, 9.17) is 11.6 Å². The summed E-state index contributed by atoms with van der Waals surface area (Å²) in [5.74, 6) is -0.164. The van der Waals surface area contributed by atoms with Crippen molar-refractivity contribution >= 4 is 11.6 Å². The van der Waals surface area contributed by atoms with Gasteiger partial charge in [0.25, 0.3) is 0 Å². The highest BCUT2D eigenvalue weighted by molar-refractivity contribution is 6.29. The average Bonchev–Trinajstić information content (AvgIpc) is 2.54. The first-order chi connectivity index (χ1) is 10.9. The Morgan fingerprint density at radius 2 is 1.48 bits per heavy atom. The van der Waals surface area contributed by atoms with E-state index in [0.29, 0.717) is 11.8 Å². The Morgan fingerprint density at radius 1 is 0.783 bits per heavy atom. The largest absolute Gasteiger partial charge is 0.433 e. The van der Waals surface area contributed by atoms with Crippen molar-refractivity contribution in [3.8, 4) is 22.8 Å². The van der Waals surface area contributed by atoms with Gasteiger partial charge in [0.05, 0.1) is 5.69 Å². The Labute approximate surface area is 134 Å². The van der Waals surface area contributed by atoms with Crippen molar-refractivity contribution in [3.63, 3.8) is 0 Å². The van der Waals surface area contributed by atoms with Crippen LogP contribution in [0.25, 0.3) is 22.8 Å². The van der Waals surface area contributed by atoms with Gasteiger partial charge in [0.2, 0.25) is 0 Å². The zero-order chi connectivity index (χ0) is 16.4. The lowest BCUT2D eigenvalue weighted by Gasteiger charge is -2.08. The van der Waals surface area contributed by atoms with Crippen molar-refractivity contribution in [2.45, 2.75) is 6.18 Å². The van der Waals surface area contributed by atoms with Gasteiger partial charge in [0, 0.05) is 11.6 Å². The lowest BCUT2D eigenvalue weighted by atomic mass is 10.1. The van der Waals surface area contributed by atoms with E-state index in [-0.39, 0.29) is 16.7 Å². The van der Waals surface area contributed by atoms with Crippen LogP contribution in [0.1, 0.15) is 5.69 Å². The molecule has 0 atom stereocenters. The van der Waals surface area contributed by atoms with Crippen LogP contribution in [0.2, 0.25) is 5.15 Å². The third-order valence-corrected chi connectivity index (χ3v) is 3.23. The van der Waals surface area contributed by atoms with E-state index in [9.17, 15) is 13.2 Å². The van der Waals surface area contributed by atoms with Crippen LogP contribution in [0.4, 0.5) is 13.2 Å². The number of benzene rings is 1. The molecule has 7 heteroatoms. The molecule has 3 aromatic rings. The van der Waals surface area contributed by atoms with Gasteiger partial charge in [-0.2, -0.15) is 13.2 Å². The fourth-order valence-corrected chi connectivity index (χ4v) is 2.19. The number of rotatable bonds is 2. The number of hydrogen-bond acceptors (Lipinski definition) is 3. The molecule has 2 heterocycles. The molecule has 116 valence electrons. The zero-order valence-electron chi connectivity index (χ0n) is 11.5. The average molecular weight is 336 g/mol. The first-order valence-corrected chi connectivity index (χ1v) is 6.96. The summed E-state index contributed by atoms with van der Waals surface area (Å²) >= 11 is 5.68. The molecule has 0 unspecified atom stereocenters. The van der Waals surface area contributed by atoms with Crippen molar-refractivity contribution in [2.75, 3.05) is 0 Å². The maximum atomic E-state index is 12.8. The number of hydrogen-bond donors (Lipinski definition) is 0. The predicted octanol–water partition coefficient (Wildman–Crippen LogP) is 4.88. The summed E-state index contributed by atoms with van der Waals surface area (Å²) in [4.78, 5) is 11.7. The molecule has 0 N–H and O–H groups in total. The highest BCUT2D eigenvalue weighted by Gasteiger charge is 2.33. The van der Waals surface area contributed by atoms with Crippen LogP contribution in [0, 0.1) is 0 Å². The SMILES string of the molecule is FC(F)(F)c1cc(Cl)nc(-c2cccc(-c3ccccc3)n2)n1. The van der Waals surface area contributed by atoms with Gasteiger partial charge in [0.1, 0.15) is 16.5 Å². The number of halogens is 4. The Bertz CT molecular complexity index is 835. The molecule has 0 fully saturated rings. The topological polar surface area (TPSA) is 38.7 Å². The molecule has 3 rings (SSSR count). The summed E-state index contributed by atoms with van der Waals surface area (Å²) in [6.45, 7) is 0. The van der Waals surface area contributed by atoms with Crippen LogP contribution < -0.4 is 0 Å².